The van der Waals surface area contributed by atoms with Gasteiger partial charge in [-0.1, -0.05) is 54.6 Å². The summed E-state index contributed by atoms with van der Waals surface area (Å²) in [5.41, 5.74) is 5.08. The molecule has 1 aromatic heterocycles. The van der Waals surface area contributed by atoms with Gasteiger partial charge in [0.1, 0.15) is 11.5 Å². The van der Waals surface area contributed by atoms with Crippen molar-refractivity contribution in [2.45, 2.75) is 26.4 Å². The zero-order chi connectivity index (χ0) is 21.8. The largest absolute Gasteiger partial charge is 0.477 e. The third-order valence-corrected chi connectivity index (χ3v) is 5.52. The average molecular weight is 416 g/mol. The Labute approximate surface area is 181 Å². The number of hydrogen-bond acceptors (Lipinski definition) is 2. The highest BCUT2D eigenvalue weighted by atomic mass is 19.1. The minimum Gasteiger partial charge on any atom is -0.477 e. The van der Waals surface area contributed by atoms with E-state index in [1.165, 1.54) is 17.7 Å². The number of aromatic nitrogens is 1. The molecular formula is C26H25FN2O2. The first kappa shape index (κ1) is 20.8. The fourth-order valence-electron chi connectivity index (χ4n) is 3.98. The lowest BCUT2D eigenvalue weighted by Crippen LogP contribution is -2.19. The van der Waals surface area contributed by atoms with E-state index in [9.17, 15) is 14.3 Å². The molecule has 0 aliphatic carbocycles. The molecule has 158 valence electrons. The fourth-order valence-corrected chi connectivity index (χ4v) is 3.98. The van der Waals surface area contributed by atoms with Crippen molar-refractivity contribution < 1.29 is 14.3 Å². The standard InChI is InChI=1S/C26H25FN2O2/c1-18-7-12-22-23(16-28-14-13-19-5-3-2-4-6-19)25(26(30)31)29(24(22)15-18)17-20-8-10-21(27)11-9-20/h2-12,15,28H,13-14,16-17H2,1H3,(H,30,31). The predicted octanol–water partition coefficient (Wildman–Crippen LogP) is 5.17. The van der Waals surface area contributed by atoms with Crippen molar-refractivity contribution in [1.29, 1.82) is 0 Å². The molecule has 1 heterocycles. The van der Waals surface area contributed by atoms with E-state index < -0.39 is 5.97 Å². The molecule has 31 heavy (non-hydrogen) atoms. The third kappa shape index (κ3) is 4.67. The summed E-state index contributed by atoms with van der Waals surface area (Å²) in [7, 11) is 0. The molecule has 0 unspecified atom stereocenters. The Hall–Kier alpha value is -3.44. The number of fused-ring (bicyclic) bond motifs is 1. The molecule has 0 atom stereocenters. The first-order valence-corrected chi connectivity index (χ1v) is 10.4. The summed E-state index contributed by atoms with van der Waals surface area (Å²) in [6.07, 6.45) is 0.872. The van der Waals surface area contributed by atoms with E-state index in [4.69, 9.17) is 0 Å². The van der Waals surface area contributed by atoms with Crippen LogP contribution in [0.1, 0.15) is 32.7 Å². The van der Waals surface area contributed by atoms with Gasteiger partial charge in [0, 0.05) is 29.6 Å². The number of hydrogen-bond donors (Lipinski definition) is 2. The number of aryl methyl sites for hydroxylation is 1. The summed E-state index contributed by atoms with van der Waals surface area (Å²) in [4.78, 5) is 12.3. The van der Waals surface area contributed by atoms with Crippen molar-refractivity contribution in [3.63, 3.8) is 0 Å². The Morgan fingerprint density at radius 3 is 2.45 bits per heavy atom. The number of carboxylic acid groups (broad SMARTS) is 1. The minimum absolute atomic E-state index is 0.275. The number of carboxylic acids is 1. The smallest absolute Gasteiger partial charge is 0.352 e. The summed E-state index contributed by atoms with van der Waals surface area (Å²) in [6, 6.07) is 22.4. The topological polar surface area (TPSA) is 54.3 Å². The van der Waals surface area contributed by atoms with E-state index in [2.05, 4.69) is 17.4 Å². The van der Waals surface area contributed by atoms with E-state index in [0.717, 1.165) is 40.6 Å². The maximum atomic E-state index is 13.3. The van der Waals surface area contributed by atoms with Gasteiger partial charge in [-0.2, -0.15) is 0 Å². The van der Waals surface area contributed by atoms with Crippen molar-refractivity contribution in [3.05, 3.63) is 107 Å². The van der Waals surface area contributed by atoms with Crippen LogP contribution in [0.2, 0.25) is 0 Å². The minimum atomic E-state index is -0.962. The lowest BCUT2D eigenvalue weighted by molar-refractivity contribution is 0.0684. The van der Waals surface area contributed by atoms with Crippen LogP contribution < -0.4 is 5.32 Å². The van der Waals surface area contributed by atoms with Crippen molar-refractivity contribution in [3.8, 4) is 0 Å². The van der Waals surface area contributed by atoms with Crippen molar-refractivity contribution in [1.82, 2.24) is 9.88 Å². The normalized spacial score (nSPS) is 11.2. The molecular weight excluding hydrogens is 391 g/mol. The molecule has 0 bridgehead atoms. The highest BCUT2D eigenvalue weighted by Crippen LogP contribution is 2.28. The van der Waals surface area contributed by atoms with Crippen LogP contribution in [0.25, 0.3) is 10.9 Å². The molecule has 0 radical (unpaired) electrons. The van der Waals surface area contributed by atoms with E-state index in [1.54, 1.807) is 12.1 Å². The highest BCUT2D eigenvalue weighted by molar-refractivity contribution is 5.98. The second-order valence-corrected chi connectivity index (χ2v) is 7.78. The van der Waals surface area contributed by atoms with Gasteiger partial charge in [0.2, 0.25) is 0 Å². The molecule has 0 aliphatic rings. The summed E-state index contributed by atoms with van der Waals surface area (Å²) in [5.74, 6) is -1.27. The molecule has 4 nitrogen and oxygen atoms in total. The third-order valence-electron chi connectivity index (χ3n) is 5.52. The van der Waals surface area contributed by atoms with Gasteiger partial charge >= 0.3 is 5.97 Å². The summed E-state index contributed by atoms with van der Waals surface area (Å²) < 4.78 is 15.2. The number of rotatable bonds is 8. The number of aromatic carboxylic acids is 1. The molecule has 0 spiro atoms. The molecule has 4 rings (SSSR count). The van der Waals surface area contributed by atoms with E-state index in [-0.39, 0.29) is 11.5 Å². The van der Waals surface area contributed by atoms with Crippen molar-refractivity contribution in [2.75, 3.05) is 6.54 Å². The zero-order valence-corrected chi connectivity index (χ0v) is 17.4. The number of carbonyl (C=O) groups is 1. The van der Waals surface area contributed by atoms with Crippen LogP contribution in [0, 0.1) is 12.7 Å². The molecule has 5 heteroatoms. The van der Waals surface area contributed by atoms with Gasteiger partial charge in [0.15, 0.2) is 0 Å². The van der Waals surface area contributed by atoms with Gasteiger partial charge in [-0.3, -0.25) is 0 Å². The van der Waals surface area contributed by atoms with E-state index in [0.29, 0.717) is 13.1 Å². The Morgan fingerprint density at radius 2 is 1.74 bits per heavy atom. The van der Waals surface area contributed by atoms with Crippen LogP contribution in [0.15, 0.2) is 72.8 Å². The molecule has 0 aliphatic heterocycles. The van der Waals surface area contributed by atoms with Crippen molar-refractivity contribution in [2.24, 2.45) is 0 Å². The van der Waals surface area contributed by atoms with Crippen LogP contribution in [-0.2, 0) is 19.5 Å². The molecule has 0 saturated heterocycles. The maximum Gasteiger partial charge on any atom is 0.352 e. The van der Waals surface area contributed by atoms with Gasteiger partial charge in [-0.25, -0.2) is 9.18 Å². The SMILES string of the molecule is Cc1ccc2c(CNCCc3ccccc3)c(C(=O)O)n(Cc3ccc(F)cc3)c2c1. The van der Waals surface area contributed by atoms with Gasteiger partial charge in [0.05, 0.1) is 0 Å². The second kappa shape index (κ2) is 9.14. The van der Waals surface area contributed by atoms with Gasteiger partial charge in [0.25, 0.3) is 0 Å². The summed E-state index contributed by atoms with van der Waals surface area (Å²) in [5, 5.41) is 14.4. The van der Waals surface area contributed by atoms with Crippen LogP contribution >= 0.6 is 0 Å². The van der Waals surface area contributed by atoms with Gasteiger partial charge in [-0.05, 0) is 54.8 Å². The monoisotopic (exact) mass is 416 g/mol. The molecule has 0 saturated carbocycles. The Bertz CT molecular complexity index is 1200. The Balaban J connectivity index is 1.66. The van der Waals surface area contributed by atoms with Crippen LogP contribution in [0.3, 0.4) is 0 Å². The summed E-state index contributed by atoms with van der Waals surface area (Å²) in [6.45, 7) is 3.57. The number of nitrogens with one attached hydrogen (secondary N) is 1. The lowest BCUT2D eigenvalue weighted by atomic mass is 10.1. The lowest BCUT2D eigenvalue weighted by Gasteiger charge is -2.10. The highest BCUT2D eigenvalue weighted by Gasteiger charge is 2.22. The maximum absolute atomic E-state index is 13.3. The molecule has 3 aromatic carbocycles. The van der Waals surface area contributed by atoms with Crippen LogP contribution in [-0.4, -0.2) is 22.2 Å². The number of halogens is 1. The van der Waals surface area contributed by atoms with Crippen LogP contribution in [0.4, 0.5) is 4.39 Å². The first-order valence-electron chi connectivity index (χ1n) is 10.4. The number of benzene rings is 3. The molecule has 2 N–H and O–H groups in total. The molecule has 4 aromatic rings. The summed E-state index contributed by atoms with van der Waals surface area (Å²) >= 11 is 0. The second-order valence-electron chi connectivity index (χ2n) is 7.78. The quantitative estimate of drug-likeness (QED) is 0.390. The van der Waals surface area contributed by atoms with E-state index in [1.807, 2.05) is 47.9 Å². The predicted molar refractivity (Wildman–Crippen MR) is 121 cm³/mol. The fraction of sp³-hybridized carbons (Fsp3) is 0.192. The van der Waals surface area contributed by atoms with E-state index >= 15 is 0 Å². The zero-order valence-electron chi connectivity index (χ0n) is 17.4. The molecule has 0 fully saturated rings. The van der Waals surface area contributed by atoms with Crippen LogP contribution in [0.5, 0.6) is 0 Å². The van der Waals surface area contributed by atoms with Gasteiger partial charge < -0.3 is 15.0 Å². The first-order chi connectivity index (χ1) is 15.0. The van der Waals surface area contributed by atoms with Gasteiger partial charge in [-0.15, -0.1) is 0 Å². The molecule has 0 amide bonds. The Kier molecular flexibility index (Phi) is 6.14. The number of nitrogens with zero attached hydrogens (tertiary/aromatic N) is 1. The average Bonchev–Trinajstić information content (AvgIpc) is 3.06. The Morgan fingerprint density at radius 1 is 1.00 bits per heavy atom. The van der Waals surface area contributed by atoms with Crippen molar-refractivity contribution >= 4 is 16.9 Å².